The van der Waals surface area contributed by atoms with Gasteiger partial charge in [0.1, 0.15) is 5.82 Å². The van der Waals surface area contributed by atoms with Crippen LogP contribution in [0.4, 0.5) is 18.9 Å². The van der Waals surface area contributed by atoms with Crippen LogP contribution in [0.2, 0.25) is 0 Å². The third-order valence-corrected chi connectivity index (χ3v) is 4.77. The SMILES string of the molecule is CC(=O)Oc1cnc(Cc2ccc(NC(=O)c3ccc(C(F)(F)F)cc3)cc2)n2ccnc12. The highest BCUT2D eigenvalue weighted by Crippen LogP contribution is 2.29. The molecule has 0 aliphatic rings. The molecule has 0 aliphatic heterocycles. The predicted molar refractivity (Wildman–Crippen MR) is 113 cm³/mol. The van der Waals surface area contributed by atoms with Gasteiger partial charge in [-0.05, 0) is 42.0 Å². The van der Waals surface area contributed by atoms with Crippen molar-refractivity contribution in [3.05, 3.63) is 89.6 Å². The molecule has 33 heavy (non-hydrogen) atoms. The Kier molecular flexibility index (Phi) is 5.82. The minimum absolute atomic E-state index is 0.117. The maximum absolute atomic E-state index is 12.7. The highest BCUT2D eigenvalue weighted by molar-refractivity contribution is 6.04. The second-order valence-electron chi connectivity index (χ2n) is 7.16. The van der Waals surface area contributed by atoms with Crippen LogP contribution in [0.15, 0.2) is 67.1 Å². The van der Waals surface area contributed by atoms with E-state index in [0.717, 1.165) is 29.8 Å². The van der Waals surface area contributed by atoms with E-state index in [1.807, 2.05) is 0 Å². The Morgan fingerprint density at radius 3 is 2.36 bits per heavy atom. The molecule has 0 aliphatic carbocycles. The summed E-state index contributed by atoms with van der Waals surface area (Å²) in [6.07, 6.45) is 0.720. The lowest BCUT2D eigenvalue weighted by atomic mass is 10.1. The summed E-state index contributed by atoms with van der Waals surface area (Å²) in [4.78, 5) is 32.1. The summed E-state index contributed by atoms with van der Waals surface area (Å²) in [6.45, 7) is 1.30. The van der Waals surface area contributed by atoms with E-state index in [1.54, 1.807) is 41.1 Å². The average Bonchev–Trinajstić information content (AvgIpc) is 3.27. The van der Waals surface area contributed by atoms with E-state index in [1.165, 1.54) is 13.1 Å². The monoisotopic (exact) mass is 454 g/mol. The van der Waals surface area contributed by atoms with Crippen LogP contribution in [0.5, 0.6) is 5.75 Å². The van der Waals surface area contributed by atoms with Crippen molar-refractivity contribution in [2.45, 2.75) is 19.5 Å². The van der Waals surface area contributed by atoms with Crippen molar-refractivity contribution in [3.63, 3.8) is 0 Å². The zero-order valence-electron chi connectivity index (χ0n) is 17.3. The average molecular weight is 454 g/mol. The number of carbonyl (C=O) groups excluding carboxylic acids is 2. The van der Waals surface area contributed by atoms with Crippen molar-refractivity contribution in [1.29, 1.82) is 0 Å². The normalized spacial score (nSPS) is 11.4. The van der Waals surface area contributed by atoms with Gasteiger partial charge in [0.15, 0.2) is 11.4 Å². The molecule has 2 heterocycles. The van der Waals surface area contributed by atoms with Crippen molar-refractivity contribution in [3.8, 4) is 5.75 Å². The molecule has 2 aromatic heterocycles. The van der Waals surface area contributed by atoms with Crippen molar-refractivity contribution >= 4 is 23.2 Å². The number of aromatic nitrogens is 3. The molecule has 1 amide bonds. The molecule has 0 fully saturated rings. The molecule has 4 rings (SSSR count). The van der Waals surface area contributed by atoms with Crippen molar-refractivity contribution in [1.82, 2.24) is 14.4 Å². The molecule has 2 aromatic carbocycles. The van der Waals surface area contributed by atoms with Crippen LogP contribution in [-0.4, -0.2) is 26.2 Å². The number of anilines is 1. The molecular formula is C23H17F3N4O3. The molecule has 0 radical (unpaired) electrons. The first-order valence-electron chi connectivity index (χ1n) is 9.77. The molecular weight excluding hydrogens is 437 g/mol. The summed E-state index contributed by atoms with van der Waals surface area (Å²) in [5.74, 6) is -0.0553. The Morgan fingerprint density at radius 2 is 1.73 bits per heavy atom. The summed E-state index contributed by atoms with van der Waals surface area (Å²) in [7, 11) is 0. The van der Waals surface area contributed by atoms with Crippen LogP contribution >= 0.6 is 0 Å². The number of alkyl halides is 3. The molecule has 4 aromatic rings. The fraction of sp³-hybridized carbons (Fsp3) is 0.130. The van der Waals surface area contributed by atoms with E-state index >= 15 is 0 Å². The van der Waals surface area contributed by atoms with Gasteiger partial charge in [0.05, 0.1) is 11.8 Å². The number of nitrogens with zero attached hydrogens (tertiary/aromatic N) is 3. The maximum atomic E-state index is 12.7. The molecule has 0 atom stereocenters. The molecule has 0 spiro atoms. The van der Waals surface area contributed by atoms with Gasteiger partial charge in [0.2, 0.25) is 0 Å². The Morgan fingerprint density at radius 1 is 1.03 bits per heavy atom. The lowest BCUT2D eigenvalue weighted by molar-refractivity contribution is -0.137. The smallest absolute Gasteiger partial charge is 0.416 e. The number of nitrogens with one attached hydrogen (secondary N) is 1. The van der Waals surface area contributed by atoms with Gasteiger partial charge in [0.25, 0.3) is 5.91 Å². The van der Waals surface area contributed by atoms with Gasteiger partial charge in [-0.15, -0.1) is 0 Å². The van der Waals surface area contributed by atoms with Crippen LogP contribution in [0.1, 0.15) is 34.2 Å². The number of carbonyl (C=O) groups is 2. The zero-order chi connectivity index (χ0) is 23.6. The summed E-state index contributed by atoms with van der Waals surface area (Å²) in [5, 5.41) is 2.66. The molecule has 10 heteroatoms. The van der Waals surface area contributed by atoms with E-state index in [-0.39, 0.29) is 11.3 Å². The molecule has 0 saturated carbocycles. The van der Waals surface area contributed by atoms with E-state index in [0.29, 0.717) is 23.6 Å². The number of halogens is 3. The van der Waals surface area contributed by atoms with Crippen molar-refractivity contribution < 1.29 is 27.5 Å². The molecule has 7 nitrogen and oxygen atoms in total. The van der Waals surface area contributed by atoms with Crippen LogP contribution in [0.3, 0.4) is 0 Å². The minimum Gasteiger partial charge on any atom is -0.421 e. The third kappa shape index (κ3) is 5.00. The Balaban J connectivity index is 1.45. The lowest BCUT2D eigenvalue weighted by Gasteiger charge is -2.10. The van der Waals surface area contributed by atoms with Crippen LogP contribution in [0, 0.1) is 0 Å². The number of esters is 1. The molecule has 0 unspecified atom stereocenters. The quantitative estimate of drug-likeness (QED) is 0.449. The Bertz CT molecular complexity index is 1310. The zero-order valence-corrected chi connectivity index (χ0v) is 17.3. The second-order valence-corrected chi connectivity index (χ2v) is 7.16. The first kappa shape index (κ1) is 22.0. The number of hydrogen-bond donors (Lipinski definition) is 1. The number of ether oxygens (including phenoxy) is 1. The third-order valence-electron chi connectivity index (χ3n) is 4.77. The van der Waals surface area contributed by atoms with Gasteiger partial charge in [-0.2, -0.15) is 13.2 Å². The number of rotatable bonds is 5. The Hall–Kier alpha value is -4.21. The molecule has 0 bridgehead atoms. The number of hydrogen-bond acceptors (Lipinski definition) is 5. The summed E-state index contributed by atoms with van der Waals surface area (Å²) < 4.78 is 44.9. The number of benzene rings is 2. The fourth-order valence-electron chi connectivity index (χ4n) is 3.21. The number of fused-ring (bicyclic) bond motifs is 1. The summed E-state index contributed by atoms with van der Waals surface area (Å²) in [6, 6.07) is 11.0. The molecule has 168 valence electrons. The van der Waals surface area contributed by atoms with Crippen LogP contribution in [-0.2, 0) is 17.4 Å². The van der Waals surface area contributed by atoms with Gasteiger partial charge in [-0.3, -0.25) is 14.0 Å². The maximum Gasteiger partial charge on any atom is 0.416 e. The van der Waals surface area contributed by atoms with Gasteiger partial charge in [-0.25, -0.2) is 9.97 Å². The Labute approximate surface area is 185 Å². The minimum atomic E-state index is -4.46. The molecule has 1 N–H and O–H groups in total. The summed E-state index contributed by atoms with van der Waals surface area (Å²) >= 11 is 0. The van der Waals surface area contributed by atoms with E-state index in [9.17, 15) is 22.8 Å². The first-order chi connectivity index (χ1) is 15.7. The topological polar surface area (TPSA) is 85.6 Å². The highest BCUT2D eigenvalue weighted by Gasteiger charge is 2.30. The van der Waals surface area contributed by atoms with E-state index < -0.39 is 23.6 Å². The second kappa shape index (κ2) is 8.73. The van der Waals surface area contributed by atoms with Gasteiger partial charge in [-0.1, -0.05) is 12.1 Å². The van der Waals surface area contributed by atoms with Crippen molar-refractivity contribution in [2.24, 2.45) is 0 Å². The lowest BCUT2D eigenvalue weighted by Crippen LogP contribution is -2.13. The largest absolute Gasteiger partial charge is 0.421 e. The van der Waals surface area contributed by atoms with Gasteiger partial charge < -0.3 is 10.1 Å². The van der Waals surface area contributed by atoms with Crippen LogP contribution < -0.4 is 10.1 Å². The van der Waals surface area contributed by atoms with Crippen molar-refractivity contribution in [2.75, 3.05) is 5.32 Å². The van der Waals surface area contributed by atoms with Crippen LogP contribution in [0.25, 0.3) is 5.65 Å². The molecule has 0 saturated heterocycles. The first-order valence-corrected chi connectivity index (χ1v) is 9.77. The number of imidazole rings is 1. The van der Waals surface area contributed by atoms with E-state index in [2.05, 4.69) is 15.3 Å². The standard InChI is InChI=1S/C23H17F3N4O3/c1-14(31)33-19-13-28-20(30-11-10-27-21(19)30)12-15-2-8-18(9-3-15)29-22(32)16-4-6-17(7-5-16)23(24,25)26/h2-11,13H,12H2,1H3,(H,29,32). The highest BCUT2D eigenvalue weighted by atomic mass is 19.4. The predicted octanol–water partition coefficient (Wildman–Crippen LogP) is 4.52. The van der Waals surface area contributed by atoms with Gasteiger partial charge >= 0.3 is 12.1 Å². The number of amides is 1. The summed E-state index contributed by atoms with van der Waals surface area (Å²) in [5.41, 5.74) is 1.16. The van der Waals surface area contributed by atoms with Gasteiger partial charge in [0, 0.05) is 37.0 Å². The fourth-order valence-corrected chi connectivity index (χ4v) is 3.21. The van der Waals surface area contributed by atoms with E-state index in [4.69, 9.17) is 4.74 Å².